The van der Waals surface area contributed by atoms with Gasteiger partial charge in [0.1, 0.15) is 0 Å². The van der Waals surface area contributed by atoms with E-state index < -0.39 is 0 Å². The number of carbonyl (C=O) groups is 1. The molecular weight excluding hydrogens is 254 g/mol. The van der Waals surface area contributed by atoms with Crippen molar-refractivity contribution in [2.75, 3.05) is 13.1 Å². The van der Waals surface area contributed by atoms with Crippen molar-refractivity contribution in [3.8, 4) is 0 Å². The molecule has 2 aromatic rings. The maximum Gasteiger partial charge on any atom is 0.228 e. The number of hydrogen-bond acceptors (Lipinski definition) is 3. The maximum absolute atomic E-state index is 12.3. The highest BCUT2D eigenvalue weighted by atomic mass is 16.2. The Hall–Kier alpha value is -2.11. The Balaban J connectivity index is 1.62. The largest absolute Gasteiger partial charge is 0.340 e. The molecule has 0 saturated carbocycles. The fourth-order valence-corrected chi connectivity index (χ4v) is 2.66. The molecule has 3 heterocycles. The highest BCUT2D eigenvalue weighted by Crippen LogP contribution is 2.21. The fourth-order valence-electron chi connectivity index (χ4n) is 2.66. The minimum absolute atomic E-state index is 0.167. The van der Waals surface area contributed by atoms with Gasteiger partial charge in [0.25, 0.3) is 0 Å². The molecule has 1 amide bonds. The SMILES string of the molecule is Cc1cnn(C2CCN(C(=O)Cc3ccnn3C)C2)c1. The molecule has 0 aromatic carbocycles. The van der Waals surface area contributed by atoms with Crippen molar-refractivity contribution in [2.24, 2.45) is 7.05 Å². The average Bonchev–Trinajstić information content (AvgIpc) is 3.11. The number of nitrogens with zero attached hydrogens (tertiary/aromatic N) is 5. The van der Waals surface area contributed by atoms with Crippen molar-refractivity contribution >= 4 is 5.91 Å². The topological polar surface area (TPSA) is 56.0 Å². The molecule has 1 unspecified atom stereocenters. The highest BCUT2D eigenvalue weighted by molar-refractivity contribution is 5.78. The van der Waals surface area contributed by atoms with Gasteiger partial charge in [-0.05, 0) is 25.0 Å². The predicted molar refractivity (Wildman–Crippen MR) is 74.1 cm³/mol. The van der Waals surface area contributed by atoms with E-state index in [1.165, 1.54) is 0 Å². The monoisotopic (exact) mass is 273 g/mol. The van der Waals surface area contributed by atoms with Gasteiger partial charge in [-0.25, -0.2) is 0 Å². The van der Waals surface area contributed by atoms with Crippen LogP contribution in [0.1, 0.15) is 23.7 Å². The van der Waals surface area contributed by atoms with Gasteiger partial charge in [0.2, 0.25) is 5.91 Å². The lowest BCUT2D eigenvalue weighted by Gasteiger charge is -2.16. The minimum atomic E-state index is 0.167. The molecule has 3 rings (SSSR count). The third kappa shape index (κ3) is 2.45. The van der Waals surface area contributed by atoms with Gasteiger partial charge >= 0.3 is 0 Å². The summed E-state index contributed by atoms with van der Waals surface area (Å²) in [5, 5.41) is 8.44. The lowest BCUT2D eigenvalue weighted by Crippen LogP contribution is -2.31. The first-order valence-electron chi connectivity index (χ1n) is 6.89. The first-order chi connectivity index (χ1) is 9.63. The van der Waals surface area contributed by atoms with Crippen molar-refractivity contribution in [1.29, 1.82) is 0 Å². The quantitative estimate of drug-likeness (QED) is 0.836. The smallest absolute Gasteiger partial charge is 0.228 e. The highest BCUT2D eigenvalue weighted by Gasteiger charge is 2.28. The van der Waals surface area contributed by atoms with Gasteiger partial charge < -0.3 is 4.90 Å². The van der Waals surface area contributed by atoms with Crippen LogP contribution >= 0.6 is 0 Å². The molecule has 20 heavy (non-hydrogen) atoms. The Morgan fingerprint density at radius 2 is 2.30 bits per heavy atom. The van der Waals surface area contributed by atoms with Crippen LogP contribution < -0.4 is 0 Å². The molecule has 0 spiro atoms. The maximum atomic E-state index is 12.3. The average molecular weight is 273 g/mol. The van der Waals surface area contributed by atoms with Crippen LogP contribution in [-0.2, 0) is 18.3 Å². The number of aryl methyl sites for hydroxylation is 2. The van der Waals surface area contributed by atoms with Crippen molar-refractivity contribution < 1.29 is 4.79 Å². The van der Waals surface area contributed by atoms with E-state index in [9.17, 15) is 4.79 Å². The Bertz CT molecular complexity index is 615. The van der Waals surface area contributed by atoms with E-state index in [2.05, 4.69) is 10.2 Å². The third-order valence-electron chi connectivity index (χ3n) is 3.88. The molecule has 1 saturated heterocycles. The predicted octanol–water partition coefficient (Wildman–Crippen LogP) is 0.941. The van der Waals surface area contributed by atoms with E-state index in [0.717, 1.165) is 30.8 Å². The number of amides is 1. The molecule has 0 N–H and O–H groups in total. The molecular formula is C14H19N5O. The lowest BCUT2D eigenvalue weighted by molar-refractivity contribution is -0.129. The Kier molecular flexibility index (Phi) is 3.30. The van der Waals surface area contributed by atoms with Gasteiger partial charge in [-0.15, -0.1) is 0 Å². The van der Waals surface area contributed by atoms with Crippen molar-refractivity contribution in [3.05, 3.63) is 35.9 Å². The van der Waals surface area contributed by atoms with Gasteiger partial charge in [0, 0.05) is 38.2 Å². The molecule has 0 aliphatic carbocycles. The van der Waals surface area contributed by atoms with Gasteiger partial charge in [-0.2, -0.15) is 10.2 Å². The van der Waals surface area contributed by atoms with Crippen LogP contribution in [0.3, 0.4) is 0 Å². The van der Waals surface area contributed by atoms with Crippen molar-refractivity contribution in [1.82, 2.24) is 24.5 Å². The third-order valence-corrected chi connectivity index (χ3v) is 3.88. The van der Waals surface area contributed by atoms with Crippen LogP contribution in [0.4, 0.5) is 0 Å². The van der Waals surface area contributed by atoms with Gasteiger partial charge in [-0.3, -0.25) is 14.2 Å². The second-order valence-electron chi connectivity index (χ2n) is 5.40. The van der Waals surface area contributed by atoms with E-state index >= 15 is 0 Å². The Labute approximate surface area is 118 Å². The summed E-state index contributed by atoms with van der Waals surface area (Å²) in [5.74, 6) is 0.167. The summed E-state index contributed by atoms with van der Waals surface area (Å²) in [7, 11) is 1.86. The van der Waals surface area contributed by atoms with E-state index in [1.54, 1.807) is 10.9 Å². The summed E-state index contributed by atoms with van der Waals surface area (Å²) < 4.78 is 3.73. The van der Waals surface area contributed by atoms with Crippen LogP contribution in [0.2, 0.25) is 0 Å². The van der Waals surface area contributed by atoms with E-state index in [0.29, 0.717) is 12.5 Å². The minimum Gasteiger partial charge on any atom is -0.340 e. The van der Waals surface area contributed by atoms with E-state index in [-0.39, 0.29) is 5.91 Å². The summed E-state index contributed by atoms with van der Waals surface area (Å²) >= 11 is 0. The lowest BCUT2D eigenvalue weighted by atomic mass is 10.2. The summed E-state index contributed by atoms with van der Waals surface area (Å²) in [6, 6.07) is 2.20. The molecule has 106 valence electrons. The molecule has 1 atom stereocenters. The summed E-state index contributed by atoms with van der Waals surface area (Å²) in [6.45, 7) is 3.59. The van der Waals surface area contributed by atoms with Crippen LogP contribution in [0.15, 0.2) is 24.7 Å². The molecule has 0 bridgehead atoms. The fraction of sp³-hybridized carbons (Fsp3) is 0.500. The number of carbonyl (C=O) groups excluding carboxylic acids is 1. The normalized spacial score (nSPS) is 18.7. The van der Waals surface area contributed by atoms with E-state index in [4.69, 9.17) is 0 Å². The molecule has 1 aliphatic rings. The Morgan fingerprint density at radius 1 is 1.45 bits per heavy atom. The van der Waals surface area contributed by atoms with Crippen molar-refractivity contribution in [3.63, 3.8) is 0 Å². The molecule has 1 aliphatic heterocycles. The summed E-state index contributed by atoms with van der Waals surface area (Å²) in [6.07, 6.45) is 7.02. The molecule has 0 radical (unpaired) electrons. The standard InChI is InChI=1S/C14H19N5O/c1-11-8-16-19(9-11)13-4-6-18(10-13)14(20)7-12-3-5-15-17(12)2/h3,5,8-9,13H,4,6-7,10H2,1-2H3. The number of hydrogen-bond donors (Lipinski definition) is 0. The zero-order valence-electron chi connectivity index (χ0n) is 11.9. The van der Waals surface area contributed by atoms with Gasteiger partial charge in [0.05, 0.1) is 18.7 Å². The number of aromatic nitrogens is 4. The first-order valence-corrected chi connectivity index (χ1v) is 6.89. The number of rotatable bonds is 3. The molecule has 6 heteroatoms. The van der Waals surface area contributed by atoms with Gasteiger partial charge in [-0.1, -0.05) is 0 Å². The first kappa shape index (κ1) is 12.9. The molecule has 2 aromatic heterocycles. The Morgan fingerprint density at radius 3 is 2.95 bits per heavy atom. The summed E-state index contributed by atoms with van der Waals surface area (Å²) in [5.41, 5.74) is 2.11. The zero-order valence-corrected chi connectivity index (χ0v) is 11.9. The number of likely N-dealkylation sites (tertiary alicyclic amines) is 1. The van der Waals surface area contributed by atoms with E-state index in [1.807, 2.05) is 42.0 Å². The van der Waals surface area contributed by atoms with Crippen LogP contribution in [-0.4, -0.2) is 43.5 Å². The van der Waals surface area contributed by atoms with Crippen LogP contribution in [0.25, 0.3) is 0 Å². The van der Waals surface area contributed by atoms with Crippen LogP contribution in [0.5, 0.6) is 0 Å². The second-order valence-corrected chi connectivity index (χ2v) is 5.40. The van der Waals surface area contributed by atoms with Crippen molar-refractivity contribution in [2.45, 2.75) is 25.8 Å². The molecule has 1 fully saturated rings. The summed E-state index contributed by atoms with van der Waals surface area (Å²) in [4.78, 5) is 14.2. The second kappa shape index (κ2) is 5.11. The van der Waals surface area contributed by atoms with Gasteiger partial charge in [0.15, 0.2) is 0 Å². The van der Waals surface area contributed by atoms with Crippen LogP contribution in [0, 0.1) is 6.92 Å². The zero-order chi connectivity index (χ0) is 14.1. The molecule has 6 nitrogen and oxygen atoms in total.